The molecule has 2 aromatic rings. The van der Waals surface area contributed by atoms with Crippen molar-refractivity contribution in [3.8, 4) is 0 Å². The quantitative estimate of drug-likeness (QED) is 0.560. The van der Waals surface area contributed by atoms with Crippen molar-refractivity contribution in [2.24, 2.45) is 0 Å². The van der Waals surface area contributed by atoms with Crippen LogP contribution in [-0.4, -0.2) is 35.1 Å². The van der Waals surface area contributed by atoms with Crippen molar-refractivity contribution in [2.75, 3.05) is 25.4 Å². The number of thiophene rings is 1. The molecular weight excluding hydrogens is 455 g/mol. The van der Waals surface area contributed by atoms with Gasteiger partial charge in [-0.3, -0.25) is 4.79 Å². The first-order valence-corrected chi connectivity index (χ1v) is 11.3. The average molecular weight is 481 g/mol. The fourth-order valence-electron chi connectivity index (χ4n) is 3.49. The third-order valence-corrected chi connectivity index (χ3v) is 6.84. The Morgan fingerprint density at radius 2 is 2.14 bits per heavy atom. The van der Waals surface area contributed by atoms with E-state index in [4.69, 9.17) is 5.73 Å². The average Bonchev–Trinajstić information content (AvgIpc) is 3.14. The molecule has 5 nitrogen and oxygen atoms in total. The van der Waals surface area contributed by atoms with Crippen molar-refractivity contribution >= 4 is 39.0 Å². The molecule has 3 heterocycles. The fraction of sp³-hybridized carbons (Fsp3) is 0.381. The number of nitrogen functional groups attached to an aromatic ring is 1. The number of anilines is 1. The van der Waals surface area contributed by atoms with Crippen LogP contribution in [0.2, 0.25) is 0 Å². The van der Waals surface area contributed by atoms with Gasteiger partial charge in [-0.1, -0.05) is 6.58 Å². The number of piperidine rings is 1. The number of hydrogen-bond donors (Lipinski definition) is 2. The molecule has 1 aliphatic rings. The topological polar surface area (TPSA) is 63.3 Å². The molecule has 0 radical (unpaired) electrons. The van der Waals surface area contributed by atoms with Crippen LogP contribution in [-0.2, 0) is 13.1 Å². The molecule has 1 saturated heterocycles. The van der Waals surface area contributed by atoms with Crippen LogP contribution in [0.5, 0.6) is 0 Å². The van der Waals surface area contributed by atoms with Crippen LogP contribution in [0.25, 0.3) is 6.08 Å². The summed E-state index contributed by atoms with van der Waals surface area (Å²) in [5, 5.41) is 5.73. The lowest BCUT2D eigenvalue weighted by Crippen LogP contribution is -2.43. The van der Waals surface area contributed by atoms with Crippen LogP contribution in [0.1, 0.15) is 23.4 Å². The monoisotopic (exact) mass is 480 g/mol. The van der Waals surface area contributed by atoms with E-state index in [2.05, 4.69) is 44.2 Å². The van der Waals surface area contributed by atoms with Crippen molar-refractivity contribution < 1.29 is 4.39 Å². The number of nitrogens with two attached hydrogens (primary N) is 1. The van der Waals surface area contributed by atoms with E-state index in [0.717, 1.165) is 49.6 Å². The van der Waals surface area contributed by atoms with E-state index in [1.165, 1.54) is 27.7 Å². The highest BCUT2D eigenvalue weighted by Crippen LogP contribution is 2.20. The third-order valence-electron chi connectivity index (χ3n) is 5.14. The zero-order valence-corrected chi connectivity index (χ0v) is 18.6. The van der Waals surface area contributed by atoms with Crippen LogP contribution in [0.3, 0.4) is 0 Å². The number of hydrogen-bond acceptors (Lipinski definition) is 5. The Bertz CT molecular complexity index is 931. The molecule has 8 heteroatoms. The molecule has 0 bridgehead atoms. The summed E-state index contributed by atoms with van der Waals surface area (Å²) in [5.74, 6) is -0.513. The van der Waals surface area contributed by atoms with Gasteiger partial charge in [-0.05, 0) is 66.1 Å². The van der Waals surface area contributed by atoms with Crippen molar-refractivity contribution in [3.63, 3.8) is 0 Å². The van der Waals surface area contributed by atoms with E-state index in [1.54, 1.807) is 11.3 Å². The molecule has 1 fully saturated rings. The van der Waals surface area contributed by atoms with Gasteiger partial charge in [0.15, 0.2) is 0 Å². The predicted molar refractivity (Wildman–Crippen MR) is 123 cm³/mol. The Balaban J connectivity index is 1.53. The van der Waals surface area contributed by atoms with Crippen LogP contribution < -0.4 is 16.6 Å². The highest BCUT2D eigenvalue weighted by atomic mass is 79.9. The van der Waals surface area contributed by atoms with E-state index in [9.17, 15) is 9.18 Å². The Morgan fingerprint density at radius 3 is 2.79 bits per heavy atom. The highest BCUT2D eigenvalue weighted by Gasteiger charge is 2.19. The minimum absolute atomic E-state index is 0.180. The molecule has 1 aliphatic heterocycles. The minimum atomic E-state index is -0.513. The minimum Gasteiger partial charge on any atom is -0.397 e. The van der Waals surface area contributed by atoms with Gasteiger partial charge >= 0.3 is 0 Å². The summed E-state index contributed by atoms with van der Waals surface area (Å²) in [6.07, 6.45) is 4.50. The number of allylic oxidation sites excluding steroid dienone is 2. The van der Waals surface area contributed by atoms with E-state index in [1.807, 2.05) is 0 Å². The predicted octanol–water partition coefficient (Wildman–Crippen LogP) is 4.01. The van der Waals surface area contributed by atoms with Gasteiger partial charge in [0.1, 0.15) is 5.83 Å². The Hall–Kier alpha value is -1.74. The highest BCUT2D eigenvalue weighted by molar-refractivity contribution is 9.10. The molecule has 0 unspecified atom stereocenters. The van der Waals surface area contributed by atoms with Crippen molar-refractivity contribution in [1.82, 2.24) is 14.8 Å². The summed E-state index contributed by atoms with van der Waals surface area (Å²) in [5.41, 5.74) is 6.57. The molecule has 0 aliphatic carbocycles. The second kappa shape index (κ2) is 10.3. The summed E-state index contributed by atoms with van der Waals surface area (Å²) in [4.78, 5) is 16.0. The van der Waals surface area contributed by atoms with Crippen LogP contribution in [0, 0.1) is 0 Å². The standard InChI is InChI=1S/C21H26BrFN4OS/c1-2-16(23)12-20-19(24)3-4-21(28)27(20)10-9-26-7-5-17(6-8-26)25-13-18-11-15(22)14-29-18/h2-4,11-12,14,17,25H,1,5-10,13,24H2/b16-12+. The van der Waals surface area contributed by atoms with Crippen LogP contribution in [0.4, 0.5) is 10.1 Å². The molecule has 2 aromatic heterocycles. The molecule has 156 valence electrons. The lowest BCUT2D eigenvalue weighted by Gasteiger charge is -2.32. The molecule has 0 atom stereocenters. The largest absolute Gasteiger partial charge is 0.397 e. The Kier molecular flexibility index (Phi) is 7.83. The summed E-state index contributed by atoms with van der Waals surface area (Å²) >= 11 is 5.24. The molecule has 0 spiro atoms. The number of likely N-dealkylation sites (tertiary alicyclic amines) is 1. The maximum atomic E-state index is 13.7. The zero-order chi connectivity index (χ0) is 20.8. The number of nitrogens with zero attached hydrogens (tertiary/aromatic N) is 2. The van der Waals surface area contributed by atoms with Gasteiger partial charge in [-0.2, -0.15) is 0 Å². The molecule has 0 amide bonds. The normalized spacial score (nSPS) is 16.3. The van der Waals surface area contributed by atoms with Gasteiger partial charge in [0.2, 0.25) is 0 Å². The van der Waals surface area contributed by atoms with E-state index < -0.39 is 5.83 Å². The van der Waals surface area contributed by atoms with Crippen LogP contribution in [0.15, 0.2) is 51.3 Å². The molecular formula is C21H26BrFN4OS. The fourth-order valence-corrected chi connectivity index (χ4v) is 4.89. The molecule has 29 heavy (non-hydrogen) atoms. The summed E-state index contributed by atoms with van der Waals surface area (Å²) in [6, 6.07) is 5.60. The van der Waals surface area contributed by atoms with Crippen molar-refractivity contribution in [2.45, 2.75) is 32.0 Å². The van der Waals surface area contributed by atoms with Gasteiger partial charge in [0.05, 0.1) is 11.4 Å². The first-order valence-electron chi connectivity index (χ1n) is 9.64. The van der Waals surface area contributed by atoms with E-state index in [-0.39, 0.29) is 5.56 Å². The summed E-state index contributed by atoms with van der Waals surface area (Å²) in [6.45, 7) is 7.44. The van der Waals surface area contributed by atoms with Gasteiger partial charge < -0.3 is 20.5 Å². The maximum absolute atomic E-state index is 13.7. The first kappa shape index (κ1) is 22.0. The summed E-state index contributed by atoms with van der Waals surface area (Å²) in [7, 11) is 0. The summed E-state index contributed by atoms with van der Waals surface area (Å²) < 4.78 is 16.4. The van der Waals surface area contributed by atoms with Gasteiger partial charge in [0.25, 0.3) is 5.56 Å². The van der Waals surface area contributed by atoms with Crippen LogP contribution >= 0.6 is 27.3 Å². The SMILES string of the molecule is C=C/C(F)=C\c1c(N)ccc(=O)n1CCN1CCC(NCc2cc(Br)cs2)CC1. The number of aromatic nitrogens is 1. The Morgan fingerprint density at radius 1 is 1.38 bits per heavy atom. The lowest BCUT2D eigenvalue weighted by molar-refractivity contribution is 0.190. The van der Waals surface area contributed by atoms with E-state index in [0.29, 0.717) is 24.0 Å². The Labute approximate surface area is 182 Å². The lowest BCUT2D eigenvalue weighted by atomic mass is 10.1. The zero-order valence-electron chi connectivity index (χ0n) is 16.2. The second-order valence-corrected chi connectivity index (χ2v) is 9.04. The van der Waals surface area contributed by atoms with Gasteiger partial charge in [-0.25, -0.2) is 4.39 Å². The molecule has 0 aromatic carbocycles. The number of pyridine rings is 1. The number of nitrogens with one attached hydrogen (secondary N) is 1. The van der Waals surface area contributed by atoms with Gasteiger partial charge in [-0.15, -0.1) is 11.3 Å². The van der Waals surface area contributed by atoms with Crippen molar-refractivity contribution in [3.05, 3.63) is 67.5 Å². The third kappa shape index (κ3) is 6.12. The molecule has 0 saturated carbocycles. The second-order valence-electron chi connectivity index (χ2n) is 7.13. The first-order chi connectivity index (χ1) is 14.0. The number of rotatable bonds is 8. The number of halogens is 2. The van der Waals surface area contributed by atoms with Gasteiger partial charge in [0, 0.05) is 46.5 Å². The smallest absolute Gasteiger partial charge is 0.251 e. The maximum Gasteiger partial charge on any atom is 0.251 e. The van der Waals surface area contributed by atoms with E-state index >= 15 is 0 Å². The molecule has 3 N–H and O–H groups in total. The molecule has 3 rings (SSSR count). The van der Waals surface area contributed by atoms with Crippen molar-refractivity contribution in [1.29, 1.82) is 0 Å².